The highest BCUT2D eigenvalue weighted by molar-refractivity contribution is 5.85. The van der Waals surface area contributed by atoms with Gasteiger partial charge in [0.1, 0.15) is 0 Å². The minimum Gasteiger partial charge on any atom is -0.372 e. The molecule has 1 unspecified atom stereocenters. The molecule has 2 aliphatic heterocycles. The van der Waals surface area contributed by atoms with E-state index in [-0.39, 0.29) is 24.6 Å². The van der Waals surface area contributed by atoms with E-state index in [1.165, 1.54) is 0 Å². The van der Waals surface area contributed by atoms with Crippen molar-refractivity contribution in [1.82, 2.24) is 5.32 Å². The van der Waals surface area contributed by atoms with Gasteiger partial charge in [-0.3, -0.25) is 0 Å². The monoisotopic (exact) mass is 199 g/mol. The Labute approximate surface area is 76.1 Å². The zero-order chi connectivity index (χ0) is 7.90. The predicted molar refractivity (Wildman–Crippen MR) is 42.9 cm³/mol. The molecule has 0 aromatic heterocycles. The van der Waals surface area contributed by atoms with Crippen LogP contribution in [0.15, 0.2) is 0 Å². The van der Waals surface area contributed by atoms with Crippen molar-refractivity contribution in [1.29, 1.82) is 0 Å². The zero-order valence-electron chi connectivity index (χ0n) is 6.56. The van der Waals surface area contributed by atoms with Gasteiger partial charge in [-0.15, -0.1) is 12.4 Å². The Kier molecular flexibility index (Phi) is 2.91. The van der Waals surface area contributed by atoms with Crippen molar-refractivity contribution < 1.29 is 13.5 Å². The topological polar surface area (TPSA) is 21.3 Å². The van der Waals surface area contributed by atoms with Crippen molar-refractivity contribution in [2.75, 3.05) is 19.7 Å². The van der Waals surface area contributed by atoms with Gasteiger partial charge in [-0.1, -0.05) is 0 Å². The Balaban J connectivity index is 0.000000720. The Bertz CT molecular complexity index is 163. The molecule has 2 fully saturated rings. The van der Waals surface area contributed by atoms with Crippen LogP contribution in [0.5, 0.6) is 0 Å². The van der Waals surface area contributed by atoms with Crippen LogP contribution in [0.1, 0.15) is 6.42 Å². The van der Waals surface area contributed by atoms with E-state index >= 15 is 0 Å². The summed E-state index contributed by atoms with van der Waals surface area (Å²) in [5, 5.41) is 3.03. The van der Waals surface area contributed by atoms with Gasteiger partial charge in [0.05, 0.1) is 12.2 Å². The first-order chi connectivity index (χ1) is 5.22. The van der Waals surface area contributed by atoms with Crippen LogP contribution in [-0.2, 0) is 4.74 Å². The minimum atomic E-state index is -2.21. The lowest BCUT2D eigenvalue weighted by Gasteiger charge is -2.38. The molecule has 0 radical (unpaired) electrons. The van der Waals surface area contributed by atoms with Crippen molar-refractivity contribution in [3.8, 4) is 0 Å². The summed E-state index contributed by atoms with van der Waals surface area (Å²) in [7, 11) is 0. The Morgan fingerprint density at radius 2 is 2.08 bits per heavy atom. The molecule has 0 aliphatic carbocycles. The predicted octanol–water partition coefficient (Wildman–Crippen LogP) is 1.05. The summed E-state index contributed by atoms with van der Waals surface area (Å²) in [4.78, 5) is 0. The summed E-state index contributed by atoms with van der Waals surface area (Å²) in [5.41, 5.74) is -0.221. The summed E-state index contributed by atoms with van der Waals surface area (Å²) in [5.74, 6) is -0.530. The molecule has 72 valence electrons. The molecule has 0 saturated carbocycles. The smallest absolute Gasteiger partial charge is 0.243 e. The molecule has 0 aromatic rings. The quantitative estimate of drug-likeness (QED) is 0.682. The van der Waals surface area contributed by atoms with E-state index in [9.17, 15) is 8.78 Å². The molecule has 5 heteroatoms. The van der Waals surface area contributed by atoms with E-state index in [0.717, 1.165) is 13.1 Å². The second-order valence-corrected chi connectivity index (χ2v) is 3.40. The van der Waals surface area contributed by atoms with Crippen LogP contribution in [0, 0.1) is 5.92 Å². The fourth-order valence-corrected chi connectivity index (χ4v) is 1.69. The maximum absolute atomic E-state index is 12.1. The summed E-state index contributed by atoms with van der Waals surface area (Å²) in [6.45, 7) is 1.73. The van der Waals surface area contributed by atoms with Crippen LogP contribution in [-0.4, -0.2) is 31.7 Å². The number of nitrogens with one attached hydrogen (secondary N) is 1. The first-order valence-electron chi connectivity index (χ1n) is 3.85. The van der Waals surface area contributed by atoms with E-state index in [1.54, 1.807) is 0 Å². The molecule has 2 aliphatic rings. The van der Waals surface area contributed by atoms with Crippen molar-refractivity contribution in [3.05, 3.63) is 0 Å². The third-order valence-electron chi connectivity index (χ3n) is 2.49. The van der Waals surface area contributed by atoms with Crippen LogP contribution in [0.25, 0.3) is 0 Å². The van der Waals surface area contributed by atoms with Crippen LogP contribution in [0.3, 0.4) is 0 Å². The molecular weight excluding hydrogens is 188 g/mol. The summed E-state index contributed by atoms with van der Waals surface area (Å²) >= 11 is 0. The first-order valence-corrected chi connectivity index (χ1v) is 3.85. The van der Waals surface area contributed by atoms with E-state index in [0.29, 0.717) is 6.42 Å². The number of hydrogen-bond acceptors (Lipinski definition) is 2. The van der Waals surface area contributed by atoms with Crippen LogP contribution < -0.4 is 5.32 Å². The maximum atomic E-state index is 12.1. The van der Waals surface area contributed by atoms with Crippen molar-refractivity contribution >= 4 is 12.4 Å². The van der Waals surface area contributed by atoms with Crippen molar-refractivity contribution in [2.45, 2.75) is 18.4 Å². The standard InChI is InChI=1S/C7H11F2NO.ClH/c8-6(9)5-1-7(11-2-5)3-10-4-7;/h5-6,10H,1-4H2;1H. The average molecular weight is 200 g/mol. The SMILES string of the molecule is Cl.FC(F)C1COC2(CNC2)C1. The lowest BCUT2D eigenvalue weighted by atomic mass is 9.89. The Morgan fingerprint density at radius 3 is 2.33 bits per heavy atom. The van der Waals surface area contributed by atoms with Gasteiger partial charge in [-0.05, 0) is 6.42 Å². The third-order valence-corrected chi connectivity index (χ3v) is 2.49. The van der Waals surface area contributed by atoms with Crippen LogP contribution in [0.4, 0.5) is 8.78 Å². The highest BCUT2D eigenvalue weighted by Crippen LogP contribution is 2.35. The fourth-order valence-electron chi connectivity index (χ4n) is 1.69. The summed E-state index contributed by atoms with van der Waals surface area (Å²) < 4.78 is 29.6. The molecule has 12 heavy (non-hydrogen) atoms. The molecule has 2 rings (SSSR count). The number of alkyl halides is 2. The van der Waals surface area contributed by atoms with Gasteiger partial charge >= 0.3 is 0 Å². The molecule has 1 spiro atoms. The third kappa shape index (κ3) is 1.56. The molecule has 0 amide bonds. The molecule has 1 N–H and O–H groups in total. The highest BCUT2D eigenvalue weighted by atomic mass is 35.5. The van der Waals surface area contributed by atoms with Crippen LogP contribution >= 0.6 is 12.4 Å². The maximum Gasteiger partial charge on any atom is 0.243 e. The average Bonchev–Trinajstić information content (AvgIpc) is 2.28. The number of hydrogen-bond donors (Lipinski definition) is 1. The van der Waals surface area contributed by atoms with Crippen molar-refractivity contribution in [3.63, 3.8) is 0 Å². The fraction of sp³-hybridized carbons (Fsp3) is 1.00. The van der Waals surface area contributed by atoms with Gasteiger partial charge in [0.15, 0.2) is 0 Å². The summed E-state index contributed by atoms with van der Waals surface area (Å²) in [6, 6.07) is 0. The van der Waals surface area contributed by atoms with Gasteiger partial charge in [-0.2, -0.15) is 0 Å². The Morgan fingerprint density at radius 1 is 1.42 bits per heavy atom. The van der Waals surface area contributed by atoms with Gasteiger partial charge in [0.25, 0.3) is 0 Å². The van der Waals surface area contributed by atoms with E-state index in [4.69, 9.17) is 4.74 Å². The molecule has 1 atom stereocenters. The second kappa shape index (κ2) is 3.44. The lowest BCUT2D eigenvalue weighted by molar-refractivity contribution is -0.0373. The van der Waals surface area contributed by atoms with Crippen molar-refractivity contribution in [2.24, 2.45) is 5.92 Å². The largest absolute Gasteiger partial charge is 0.372 e. The Hall–Kier alpha value is 0.0700. The molecule has 2 heterocycles. The van der Waals surface area contributed by atoms with Gasteiger partial charge in [-0.25, -0.2) is 8.78 Å². The van der Waals surface area contributed by atoms with Gasteiger partial charge in [0, 0.05) is 19.0 Å². The van der Waals surface area contributed by atoms with Crippen LogP contribution in [0.2, 0.25) is 0 Å². The molecular formula is C7H12ClF2NO. The molecule has 2 nitrogen and oxygen atoms in total. The minimum absolute atomic E-state index is 0. The number of ether oxygens (including phenoxy) is 1. The zero-order valence-corrected chi connectivity index (χ0v) is 7.37. The van der Waals surface area contributed by atoms with Gasteiger partial charge in [0.2, 0.25) is 6.43 Å². The van der Waals surface area contributed by atoms with Gasteiger partial charge < -0.3 is 10.1 Å². The van der Waals surface area contributed by atoms with E-state index in [2.05, 4.69) is 5.32 Å². The second-order valence-electron chi connectivity index (χ2n) is 3.40. The summed E-state index contributed by atoms with van der Waals surface area (Å²) in [6.07, 6.45) is -1.69. The number of halogens is 3. The highest BCUT2D eigenvalue weighted by Gasteiger charge is 2.47. The first kappa shape index (κ1) is 10.2. The number of rotatable bonds is 1. The van der Waals surface area contributed by atoms with E-state index < -0.39 is 12.3 Å². The molecule has 0 aromatic carbocycles. The lowest BCUT2D eigenvalue weighted by Crippen LogP contribution is -2.59. The normalized spacial score (nSPS) is 31.8. The molecule has 2 saturated heterocycles. The van der Waals surface area contributed by atoms with E-state index in [1.807, 2.05) is 0 Å². The molecule has 0 bridgehead atoms.